The van der Waals surface area contributed by atoms with Crippen LogP contribution in [-0.4, -0.2) is 57.7 Å². The number of ether oxygens (including phenoxy) is 2. The Morgan fingerprint density at radius 3 is 2.63 bits per heavy atom. The molecule has 1 aromatic rings. The van der Waals surface area contributed by atoms with E-state index >= 15 is 0 Å². The lowest BCUT2D eigenvalue weighted by atomic mass is 10.3. The molecule has 19 heavy (non-hydrogen) atoms. The summed E-state index contributed by atoms with van der Waals surface area (Å²) in [7, 11) is 1.62. The zero-order chi connectivity index (χ0) is 13.5. The molecule has 1 aromatic carbocycles. The third-order valence-electron chi connectivity index (χ3n) is 3.43. The predicted octanol–water partition coefficient (Wildman–Crippen LogP) is -2.10. The Morgan fingerprint density at radius 2 is 1.95 bits per heavy atom. The highest BCUT2D eigenvalue weighted by Crippen LogP contribution is 2.25. The lowest BCUT2D eigenvalue weighted by Crippen LogP contribution is -3.21. The normalized spacial score (nSPS) is 18.0. The summed E-state index contributed by atoms with van der Waals surface area (Å²) in [4.78, 5) is 1.46. The van der Waals surface area contributed by atoms with Crippen molar-refractivity contribution in [3.63, 3.8) is 0 Å². The van der Waals surface area contributed by atoms with Crippen LogP contribution in [0.5, 0.6) is 11.5 Å². The number of para-hydroxylation sites is 2. The van der Waals surface area contributed by atoms with Gasteiger partial charge in [-0.2, -0.15) is 0 Å². The maximum absolute atomic E-state index is 10.0. The molecular formula is C14H24N2O3+2. The van der Waals surface area contributed by atoms with Crippen molar-refractivity contribution in [2.45, 2.75) is 6.10 Å². The van der Waals surface area contributed by atoms with Crippen LogP contribution in [0.3, 0.4) is 0 Å². The monoisotopic (exact) mass is 268 g/mol. The van der Waals surface area contributed by atoms with E-state index in [0.717, 1.165) is 32.7 Å². The molecule has 2 rings (SSSR count). The maximum atomic E-state index is 10.0. The number of hydrogen-bond acceptors (Lipinski definition) is 3. The highest BCUT2D eigenvalue weighted by atomic mass is 16.5. The Morgan fingerprint density at radius 1 is 1.26 bits per heavy atom. The van der Waals surface area contributed by atoms with Crippen LogP contribution in [-0.2, 0) is 0 Å². The third kappa shape index (κ3) is 4.38. The fraction of sp³-hybridized carbons (Fsp3) is 0.571. The highest BCUT2D eigenvalue weighted by Gasteiger charge is 2.20. The number of aliphatic hydroxyl groups is 1. The molecular weight excluding hydrogens is 244 g/mol. The standard InChI is InChI=1S/C14H22N2O3/c1-18-13-4-2-3-5-14(13)19-11-12(17)10-16-8-6-15-7-9-16/h2-5,12,15,17H,6-11H2,1H3/p+2/t12-/m0/s1. The van der Waals surface area contributed by atoms with Gasteiger partial charge in [0.25, 0.3) is 0 Å². The Hall–Kier alpha value is -1.30. The number of rotatable bonds is 6. The van der Waals surface area contributed by atoms with Crippen molar-refractivity contribution in [1.29, 1.82) is 0 Å². The van der Waals surface area contributed by atoms with Crippen LogP contribution in [0.4, 0.5) is 0 Å². The van der Waals surface area contributed by atoms with Gasteiger partial charge in [-0.15, -0.1) is 0 Å². The van der Waals surface area contributed by atoms with Crippen molar-refractivity contribution in [3.8, 4) is 11.5 Å². The first kappa shape index (κ1) is 14.1. The van der Waals surface area contributed by atoms with Crippen LogP contribution in [0.1, 0.15) is 0 Å². The Labute approximate surface area is 114 Å². The number of aliphatic hydroxyl groups excluding tert-OH is 1. The summed E-state index contributed by atoms with van der Waals surface area (Å²) in [5, 5.41) is 12.4. The van der Waals surface area contributed by atoms with Gasteiger partial charge in [-0.1, -0.05) is 12.1 Å². The van der Waals surface area contributed by atoms with E-state index in [0.29, 0.717) is 18.1 Å². The van der Waals surface area contributed by atoms with E-state index in [9.17, 15) is 5.11 Å². The SMILES string of the molecule is COc1ccccc1OC[C@@H](O)C[NH+]1CC[NH2+]CC1. The number of hydrogen-bond donors (Lipinski definition) is 3. The molecule has 0 radical (unpaired) electrons. The zero-order valence-electron chi connectivity index (χ0n) is 11.5. The maximum Gasteiger partial charge on any atom is 0.161 e. The van der Waals surface area contributed by atoms with Crippen LogP contribution in [0.25, 0.3) is 0 Å². The molecule has 106 valence electrons. The summed E-state index contributed by atoms with van der Waals surface area (Å²) in [6.45, 7) is 5.60. The van der Waals surface area contributed by atoms with Crippen LogP contribution in [0, 0.1) is 0 Å². The molecule has 0 saturated carbocycles. The van der Waals surface area contributed by atoms with Crippen LogP contribution < -0.4 is 19.7 Å². The fourth-order valence-corrected chi connectivity index (χ4v) is 2.40. The minimum absolute atomic E-state index is 0.313. The summed E-state index contributed by atoms with van der Waals surface area (Å²) < 4.78 is 10.8. The van der Waals surface area contributed by atoms with Gasteiger partial charge in [0.15, 0.2) is 11.5 Å². The van der Waals surface area contributed by atoms with Crippen molar-refractivity contribution in [2.24, 2.45) is 0 Å². The number of methoxy groups -OCH3 is 1. The van der Waals surface area contributed by atoms with Gasteiger partial charge in [0.1, 0.15) is 45.4 Å². The fourth-order valence-electron chi connectivity index (χ4n) is 2.40. The van der Waals surface area contributed by atoms with E-state index in [1.54, 1.807) is 7.11 Å². The number of nitrogens with two attached hydrogens (primary N) is 1. The minimum Gasteiger partial charge on any atom is -0.493 e. The quantitative estimate of drug-likeness (QED) is 0.554. The molecule has 0 aliphatic carbocycles. The van der Waals surface area contributed by atoms with E-state index in [1.807, 2.05) is 24.3 Å². The molecule has 5 nitrogen and oxygen atoms in total. The van der Waals surface area contributed by atoms with E-state index in [-0.39, 0.29) is 0 Å². The molecule has 0 bridgehead atoms. The summed E-state index contributed by atoms with van der Waals surface area (Å²) in [5.74, 6) is 1.39. The molecule has 0 spiro atoms. The molecule has 0 amide bonds. The van der Waals surface area contributed by atoms with E-state index in [4.69, 9.17) is 9.47 Å². The van der Waals surface area contributed by atoms with Crippen molar-refractivity contribution in [3.05, 3.63) is 24.3 Å². The van der Waals surface area contributed by atoms with Gasteiger partial charge in [0, 0.05) is 0 Å². The van der Waals surface area contributed by atoms with Gasteiger partial charge in [-0.05, 0) is 12.1 Å². The van der Waals surface area contributed by atoms with Crippen molar-refractivity contribution < 1.29 is 24.8 Å². The van der Waals surface area contributed by atoms with Crippen molar-refractivity contribution in [1.82, 2.24) is 0 Å². The van der Waals surface area contributed by atoms with Crippen LogP contribution >= 0.6 is 0 Å². The first-order chi connectivity index (χ1) is 9.29. The topological polar surface area (TPSA) is 59.7 Å². The molecule has 1 fully saturated rings. The summed E-state index contributed by atoms with van der Waals surface area (Å²) >= 11 is 0. The Kier molecular flexibility index (Phi) is 5.44. The minimum atomic E-state index is -0.432. The number of piperazine rings is 1. The second-order valence-electron chi connectivity index (χ2n) is 4.94. The van der Waals surface area contributed by atoms with Crippen LogP contribution in [0.2, 0.25) is 0 Å². The van der Waals surface area contributed by atoms with E-state index < -0.39 is 6.10 Å². The van der Waals surface area contributed by atoms with Crippen molar-refractivity contribution in [2.75, 3.05) is 46.4 Å². The second-order valence-corrected chi connectivity index (χ2v) is 4.94. The molecule has 1 heterocycles. The van der Waals surface area contributed by atoms with Gasteiger partial charge >= 0.3 is 0 Å². The lowest BCUT2D eigenvalue weighted by Gasteiger charge is -2.24. The van der Waals surface area contributed by atoms with E-state index in [1.165, 1.54) is 4.90 Å². The van der Waals surface area contributed by atoms with Gasteiger partial charge < -0.3 is 24.8 Å². The molecule has 4 N–H and O–H groups in total. The molecule has 0 unspecified atom stereocenters. The van der Waals surface area contributed by atoms with Gasteiger partial charge in [0.05, 0.1) is 7.11 Å². The number of nitrogens with one attached hydrogen (secondary N) is 1. The molecule has 1 aliphatic rings. The van der Waals surface area contributed by atoms with Crippen molar-refractivity contribution >= 4 is 0 Å². The zero-order valence-corrected chi connectivity index (χ0v) is 11.5. The van der Waals surface area contributed by atoms with Crippen LogP contribution in [0.15, 0.2) is 24.3 Å². The Balaban J connectivity index is 1.77. The highest BCUT2D eigenvalue weighted by molar-refractivity contribution is 5.39. The third-order valence-corrected chi connectivity index (χ3v) is 3.43. The summed E-state index contributed by atoms with van der Waals surface area (Å²) in [5.41, 5.74) is 0. The smallest absolute Gasteiger partial charge is 0.161 e. The average molecular weight is 268 g/mol. The lowest BCUT2D eigenvalue weighted by molar-refractivity contribution is -0.949. The first-order valence-electron chi connectivity index (χ1n) is 6.88. The first-order valence-corrected chi connectivity index (χ1v) is 6.88. The molecule has 1 aliphatic heterocycles. The predicted molar refractivity (Wildman–Crippen MR) is 71.7 cm³/mol. The van der Waals surface area contributed by atoms with Gasteiger partial charge in [-0.3, -0.25) is 0 Å². The Bertz CT molecular complexity index is 381. The summed E-state index contributed by atoms with van der Waals surface area (Å²) in [6, 6.07) is 7.51. The molecule has 0 aromatic heterocycles. The van der Waals surface area contributed by atoms with E-state index in [2.05, 4.69) is 5.32 Å². The summed E-state index contributed by atoms with van der Waals surface area (Å²) in [6.07, 6.45) is -0.432. The molecule has 1 saturated heterocycles. The molecule has 1 atom stereocenters. The second kappa shape index (κ2) is 7.33. The van der Waals surface area contributed by atoms with Gasteiger partial charge in [0.2, 0.25) is 0 Å². The largest absolute Gasteiger partial charge is 0.493 e. The number of quaternary nitrogens is 2. The van der Waals surface area contributed by atoms with Gasteiger partial charge in [-0.25, -0.2) is 0 Å². The average Bonchev–Trinajstić information content (AvgIpc) is 2.46. The molecule has 5 heteroatoms. The number of benzene rings is 1.